The van der Waals surface area contributed by atoms with E-state index < -0.39 is 0 Å². The quantitative estimate of drug-likeness (QED) is 0.825. The highest BCUT2D eigenvalue weighted by Crippen LogP contribution is 2.27. The average Bonchev–Trinajstić information content (AvgIpc) is 2.59. The minimum Gasteiger partial charge on any atom is -0.382 e. The van der Waals surface area contributed by atoms with E-state index in [4.69, 9.17) is 5.73 Å². The maximum atomic E-state index is 5.91. The molecule has 0 unspecified atom stereocenters. The van der Waals surface area contributed by atoms with Gasteiger partial charge in [0.2, 0.25) is 0 Å². The first-order valence-corrected chi connectivity index (χ1v) is 6.27. The summed E-state index contributed by atoms with van der Waals surface area (Å²) in [5, 5.41) is 0. The first-order chi connectivity index (χ1) is 7.70. The molecule has 0 radical (unpaired) electrons. The molecule has 2 rings (SSSR count). The number of H-pyrrole nitrogens is 1. The van der Waals surface area contributed by atoms with E-state index in [0.717, 1.165) is 30.6 Å². The molecule has 1 aliphatic rings. The molecule has 2 heterocycles. The molecule has 0 saturated carbocycles. The maximum absolute atomic E-state index is 5.91. The van der Waals surface area contributed by atoms with Crippen molar-refractivity contribution in [1.82, 2.24) is 9.97 Å². The van der Waals surface area contributed by atoms with Gasteiger partial charge in [-0.25, -0.2) is 4.98 Å². The molecule has 0 bridgehead atoms. The number of nitrogen functional groups attached to an aromatic ring is 1. The van der Waals surface area contributed by atoms with Crippen molar-refractivity contribution in [2.45, 2.75) is 39.5 Å². The lowest BCUT2D eigenvalue weighted by Gasteiger charge is -2.32. The zero-order chi connectivity index (χ0) is 11.5. The first kappa shape index (κ1) is 11.3. The Labute approximate surface area is 97.2 Å². The van der Waals surface area contributed by atoms with Crippen LogP contribution in [0, 0.1) is 12.8 Å². The topological polar surface area (TPSA) is 57.9 Å². The van der Waals surface area contributed by atoms with Crippen LogP contribution < -0.4 is 10.6 Å². The molecule has 1 saturated heterocycles. The molecular weight excluding hydrogens is 200 g/mol. The molecule has 0 aromatic carbocycles. The van der Waals surface area contributed by atoms with Crippen molar-refractivity contribution in [2.24, 2.45) is 5.92 Å². The summed E-state index contributed by atoms with van der Waals surface area (Å²) in [6.45, 7) is 6.41. The number of hydrogen-bond donors (Lipinski definition) is 2. The Morgan fingerprint density at radius 1 is 1.44 bits per heavy atom. The predicted octanol–water partition coefficient (Wildman–Crippen LogP) is 2.32. The summed E-state index contributed by atoms with van der Waals surface area (Å²) in [7, 11) is 0. The molecule has 0 spiro atoms. The zero-order valence-corrected chi connectivity index (χ0v) is 10.3. The van der Waals surface area contributed by atoms with Crippen molar-refractivity contribution in [3.05, 3.63) is 5.82 Å². The van der Waals surface area contributed by atoms with Crippen molar-refractivity contribution in [1.29, 1.82) is 0 Å². The van der Waals surface area contributed by atoms with Gasteiger partial charge in [-0.1, -0.05) is 19.8 Å². The fraction of sp³-hybridized carbons (Fsp3) is 0.750. The number of aromatic amines is 1. The van der Waals surface area contributed by atoms with Crippen LogP contribution in [0.4, 0.5) is 11.6 Å². The van der Waals surface area contributed by atoms with E-state index in [-0.39, 0.29) is 0 Å². The van der Waals surface area contributed by atoms with Gasteiger partial charge >= 0.3 is 0 Å². The molecular formula is C12H22N4. The number of nitrogens with one attached hydrogen (secondary N) is 1. The second-order valence-electron chi connectivity index (χ2n) is 4.78. The Bertz CT molecular complexity index is 337. The van der Waals surface area contributed by atoms with Crippen LogP contribution in [0.15, 0.2) is 0 Å². The van der Waals surface area contributed by atoms with Gasteiger partial charge in [0.05, 0.1) is 0 Å². The summed E-state index contributed by atoms with van der Waals surface area (Å²) in [5.41, 5.74) is 5.91. The van der Waals surface area contributed by atoms with Crippen LogP contribution >= 0.6 is 0 Å². The monoisotopic (exact) mass is 222 g/mol. The molecule has 16 heavy (non-hydrogen) atoms. The Morgan fingerprint density at radius 2 is 2.12 bits per heavy atom. The average molecular weight is 222 g/mol. The van der Waals surface area contributed by atoms with E-state index in [1.807, 2.05) is 6.92 Å². The van der Waals surface area contributed by atoms with Gasteiger partial charge in [0.25, 0.3) is 0 Å². The largest absolute Gasteiger partial charge is 0.382 e. The molecule has 1 aromatic rings. The molecule has 1 aliphatic heterocycles. The minimum atomic E-state index is 0.714. The van der Waals surface area contributed by atoms with Gasteiger partial charge in [-0.3, -0.25) is 0 Å². The summed E-state index contributed by atoms with van der Waals surface area (Å²) in [4.78, 5) is 9.83. The van der Waals surface area contributed by atoms with Crippen LogP contribution in [0.1, 0.15) is 38.4 Å². The van der Waals surface area contributed by atoms with E-state index in [9.17, 15) is 0 Å². The number of rotatable bonds is 3. The fourth-order valence-corrected chi connectivity index (χ4v) is 2.58. The minimum absolute atomic E-state index is 0.714. The highest BCUT2D eigenvalue weighted by molar-refractivity contribution is 5.59. The summed E-state index contributed by atoms with van der Waals surface area (Å²) >= 11 is 0. The third-order valence-electron chi connectivity index (χ3n) is 3.44. The lowest BCUT2D eigenvalue weighted by molar-refractivity contribution is 0.377. The smallest absolute Gasteiger partial charge is 0.171 e. The SMILES string of the molecule is CCCC1CCN(c2nc(C)[nH]c2N)CC1. The number of piperidine rings is 1. The molecule has 0 amide bonds. The molecule has 1 aromatic heterocycles. The molecule has 4 heteroatoms. The Hall–Kier alpha value is -1.19. The third kappa shape index (κ3) is 2.31. The second-order valence-corrected chi connectivity index (χ2v) is 4.78. The van der Waals surface area contributed by atoms with E-state index in [1.54, 1.807) is 0 Å². The Kier molecular flexibility index (Phi) is 3.36. The molecule has 3 N–H and O–H groups in total. The van der Waals surface area contributed by atoms with Crippen LogP contribution in [0.5, 0.6) is 0 Å². The maximum Gasteiger partial charge on any atom is 0.171 e. The van der Waals surface area contributed by atoms with Gasteiger partial charge in [-0.15, -0.1) is 0 Å². The highest BCUT2D eigenvalue weighted by Gasteiger charge is 2.21. The lowest BCUT2D eigenvalue weighted by Crippen LogP contribution is -2.34. The standard InChI is InChI=1S/C12H22N4/c1-3-4-10-5-7-16(8-6-10)12-11(13)14-9(2)15-12/h10H,3-8,13H2,1-2H3,(H,14,15). The number of aryl methyl sites for hydroxylation is 1. The third-order valence-corrected chi connectivity index (χ3v) is 3.44. The summed E-state index contributed by atoms with van der Waals surface area (Å²) in [6, 6.07) is 0. The van der Waals surface area contributed by atoms with Gasteiger partial charge in [-0.2, -0.15) is 0 Å². The lowest BCUT2D eigenvalue weighted by atomic mass is 9.92. The van der Waals surface area contributed by atoms with E-state index in [0.29, 0.717) is 5.82 Å². The van der Waals surface area contributed by atoms with E-state index >= 15 is 0 Å². The molecule has 0 atom stereocenters. The van der Waals surface area contributed by atoms with Gasteiger partial charge in [0, 0.05) is 13.1 Å². The van der Waals surface area contributed by atoms with Gasteiger partial charge < -0.3 is 15.6 Å². The fourth-order valence-electron chi connectivity index (χ4n) is 2.58. The highest BCUT2D eigenvalue weighted by atomic mass is 15.2. The number of hydrogen-bond acceptors (Lipinski definition) is 3. The molecule has 0 aliphatic carbocycles. The Morgan fingerprint density at radius 3 is 2.62 bits per heavy atom. The number of aromatic nitrogens is 2. The summed E-state index contributed by atoms with van der Waals surface area (Å²) < 4.78 is 0. The first-order valence-electron chi connectivity index (χ1n) is 6.27. The van der Waals surface area contributed by atoms with Gasteiger partial charge in [0.1, 0.15) is 11.6 Å². The van der Waals surface area contributed by atoms with Crippen molar-refractivity contribution < 1.29 is 0 Å². The van der Waals surface area contributed by atoms with Gasteiger partial charge in [-0.05, 0) is 25.7 Å². The van der Waals surface area contributed by atoms with Crippen molar-refractivity contribution in [3.8, 4) is 0 Å². The number of anilines is 2. The molecule has 90 valence electrons. The van der Waals surface area contributed by atoms with Crippen LogP contribution in [-0.2, 0) is 0 Å². The van der Waals surface area contributed by atoms with Crippen LogP contribution in [0.2, 0.25) is 0 Å². The predicted molar refractivity (Wildman–Crippen MR) is 67.6 cm³/mol. The van der Waals surface area contributed by atoms with Crippen molar-refractivity contribution in [3.63, 3.8) is 0 Å². The van der Waals surface area contributed by atoms with Crippen LogP contribution in [0.3, 0.4) is 0 Å². The van der Waals surface area contributed by atoms with Crippen LogP contribution in [-0.4, -0.2) is 23.1 Å². The number of nitrogens with zero attached hydrogens (tertiary/aromatic N) is 2. The van der Waals surface area contributed by atoms with Gasteiger partial charge in [0.15, 0.2) is 5.82 Å². The van der Waals surface area contributed by atoms with Crippen molar-refractivity contribution >= 4 is 11.6 Å². The summed E-state index contributed by atoms with van der Waals surface area (Å²) in [5.74, 6) is 3.48. The molecule has 4 nitrogen and oxygen atoms in total. The van der Waals surface area contributed by atoms with Crippen LogP contribution in [0.25, 0.3) is 0 Å². The number of imidazole rings is 1. The zero-order valence-electron chi connectivity index (χ0n) is 10.3. The Balaban J connectivity index is 1.96. The summed E-state index contributed by atoms with van der Waals surface area (Å²) in [6.07, 6.45) is 5.22. The van der Waals surface area contributed by atoms with E-state index in [2.05, 4.69) is 21.8 Å². The molecule has 1 fully saturated rings. The second kappa shape index (κ2) is 4.76. The normalized spacial score (nSPS) is 18.0. The van der Waals surface area contributed by atoms with Crippen molar-refractivity contribution in [2.75, 3.05) is 23.7 Å². The number of nitrogens with two attached hydrogens (primary N) is 1. The van der Waals surface area contributed by atoms with E-state index in [1.165, 1.54) is 25.7 Å².